The van der Waals surface area contributed by atoms with Crippen LogP contribution in [-0.4, -0.2) is 24.4 Å². The Kier molecular flexibility index (Phi) is 5.65. The van der Waals surface area contributed by atoms with E-state index in [2.05, 4.69) is 12.1 Å². The van der Waals surface area contributed by atoms with Crippen molar-refractivity contribution >= 4 is 5.91 Å². The van der Waals surface area contributed by atoms with Gasteiger partial charge in [-0.1, -0.05) is 60.7 Å². The lowest BCUT2D eigenvalue weighted by atomic mass is 10.0. The first-order chi connectivity index (χ1) is 12.2. The molecule has 0 saturated carbocycles. The van der Waals surface area contributed by atoms with Crippen molar-refractivity contribution in [2.75, 3.05) is 13.6 Å². The summed E-state index contributed by atoms with van der Waals surface area (Å²) in [5.41, 5.74) is 2.25. The van der Waals surface area contributed by atoms with E-state index in [1.807, 2.05) is 73.0 Å². The number of carbonyl (C=O) groups is 1. The van der Waals surface area contributed by atoms with Gasteiger partial charge in [-0.3, -0.25) is 4.79 Å². The highest BCUT2D eigenvalue weighted by Gasteiger charge is 2.22. The second kappa shape index (κ2) is 8.31. The van der Waals surface area contributed by atoms with Crippen LogP contribution < -0.4 is 5.32 Å². The van der Waals surface area contributed by atoms with Gasteiger partial charge in [-0.2, -0.15) is 0 Å². The number of quaternary nitrogens is 1. The number of likely N-dealkylation sites (N-methyl/N-ethyl adjacent to an activating group) is 1. The minimum atomic E-state index is -0.0229. The summed E-state index contributed by atoms with van der Waals surface area (Å²) in [7, 11) is 1.84. The van der Waals surface area contributed by atoms with Crippen LogP contribution in [0, 0.1) is 0 Å². The third-order valence-electron chi connectivity index (χ3n) is 4.22. The van der Waals surface area contributed by atoms with Crippen molar-refractivity contribution in [1.82, 2.24) is 4.90 Å². The molecule has 1 heterocycles. The van der Waals surface area contributed by atoms with Crippen LogP contribution in [0.1, 0.15) is 22.9 Å². The molecule has 25 heavy (non-hydrogen) atoms. The Bertz CT molecular complexity index is 770. The van der Waals surface area contributed by atoms with Gasteiger partial charge in [0.2, 0.25) is 0 Å². The molecule has 3 aromatic rings. The third kappa shape index (κ3) is 4.58. The highest BCUT2D eigenvalue weighted by atomic mass is 16.3. The van der Waals surface area contributed by atoms with Gasteiger partial charge < -0.3 is 14.6 Å². The summed E-state index contributed by atoms with van der Waals surface area (Å²) in [5, 5.41) is 2.03. The lowest BCUT2D eigenvalue weighted by Gasteiger charge is -2.19. The molecular formula is C21H23N2O2+. The predicted molar refractivity (Wildman–Crippen MR) is 96.7 cm³/mol. The van der Waals surface area contributed by atoms with Crippen LogP contribution in [0.4, 0.5) is 0 Å². The van der Waals surface area contributed by atoms with E-state index in [4.69, 9.17) is 4.42 Å². The van der Waals surface area contributed by atoms with E-state index < -0.39 is 0 Å². The lowest BCUT2D eigenvalue weighted by molar-refractivity contribution is -0.679. The normalized spacial score (nSPS) is 11.9. The predicted octanol–water partition coefficient (Wildman–Crippen LogP) is 2.59. The van der Waals surface area contributed by atoms with Gasteiger partial charge in [0.1, 0.15) is 0 Å². The minimum Gasteiger partial charge on any atom is -0.463 e. The molecule has 0 bridgehead atoms. The summed E-state index contributed by atoms with van der Waals surface area (Å²) in [5.74, 6) is 0.945. The van der Waals surface area contributed by atoms with Crippen LogP contribution in [0.15, 0.2) is 83.5 Å². The Hall–Kier alpha value is -2.85. The quantitative estimate of drug-likeness (QED) is 0.721. The van der Waals surface area contributed by atoms with Crippen LogP contribution in [0.3, 0.4) is 0 Å². The molecule has 3 rings (SSSR count). The maximum atomic E-state index is 12.5. The molecule has 0 aliphatic heterocycles. The van der Waals surface area contributed by atoms with E-state index in [-0.39, 0.29) is 11.9 Å². The van der Waals surface area contributed by atoms with Crippen LogP contribution in [0.2, 0.25) is 0 Å². The van der Waals surface area contributed by atoms with Crippen molar-refractivity contribution in [2.24, 2.45) is 0 Å². The van der Waals surface area contributed by atoms with Crippen molar-refractivity contribution in [1.29, 1.82) is 0 Å². The molecule has 1 atom stereocenters. The summed E-state index contributed by atoms with van der Waals surface area (Å²) in [4.78, 5) is 14.3. The molecule has 0 saturated heterocycles. The fourth-order valence-corrected chi connectivity index (χ4v) is 2.87. The van der Waals surface area contributed by atoms with E-state index in [9.17, 15) is 4.79 Å². The summed E-state index contributed by atoms with van der Waals surface area (Å²) in [6.45, 7) is 0.980. The van der Waals surface area contributed by atoms with Crippen molar-refractivity contribution < 1.29 is 14.5 Å². The number of benzene rings is 2. The molecule has 4 nitrogen and oxygen atoms in total. The van der Waals surface area contributed by atoms with Crippen molar-refractivity contribution in [2.45, 2.75) is 12.6 Å². The summed E-state index contributed by atoms with van der Waals surface area (Å²) in [6, 6.07) is 23.9. The van der Waals surface area contributed by atoms with E-state index in [0.29, 0.717) is 13.1 Å². The summed E-state index contributed by atoms with van der Waals surface area (Å²) in [6.07, 6.45) is 1.67. The smallest absolute Gasteiger partial charge is 0.277 e. The lowest BCUT2D eigenvalue weighted by Crippen LogP contribution is -2.87. The van der Waals surface area contributed by atoms with E-state index in [0.717, 1.165) is 16.9 Å². The Balaban J connectivity index is 1.64. The van der Waals surface area contributed by atoms with Crippen LogP contribution in [0.5, 0.6) is 0 Å². The summed E-state index contributed by atoms with van der Waals surface area (Å²) < 4.78 is 5.58. The molecule has 0 aliphatic rings. The molecule has 2 aromatic carbocycles. The van der Waals surface area contributed by atoms with Crippen LogP contribution in [-0.2, 0) is 11.3 Å². The van der Waals surface area contributed by atoms with Gasteiger partial charge in [-0.05, 0) is 17.7 Å². The Labute approximate surface area is 148 Å². The van der Waals surface area contributed by atoms with Gasteiger partial charge in [0.15, 0.2) is 18.3 Å². The number of hydrogen-bond donors (Lipinski definition) is 1. The fraction of sp³-hybridized carbons (Fsp3) is 0.190. The molecule has 1 amide bonds. The molecule has 0 aliphatic carbocycles. The monoisotopic (exact) mass is 335 g/mol. The molecule has 4 heteroatoms. The topological polar surface area (TPSA) is 50.1 Å². The van der Waals surface area contributed by atoms with E-state index in [1.54, 1.807) is 11.2 Å². The number of furan rings is 1. The molecule has 0 radical (unpaired) electrons. The highest BCUT2D eigenvalue weighted by molar-refractivity contribution is 5.76. The molecule has 1 aromatic heterocycles. The average molecular weight is 335 g/mol. The standard InChI is InChI=1S/C21H22N2O2/c1-23(16-17-9-4-2-5-10-17)20(24)15-22-21(19-13-8-14-25-19)18-11-6-3-7-12-18/h2-14,21-22H,15-16H2,1H3/p+1/t21-/m0/s1. The highest BCUT2D eigenvalue weighted by Crippen LogP contribution is 2.18. The number of hydrogen-bond acceptors (Lipinski definition) is 2. The van der Waals surface area contributed by atoms with Crippen molar-refractivity contribution in [3.8, 4) is 0 Å². The number of carbonyl (C=O) groups excluding carboxylic acids is 1. The van der Waals surface area contributed by atoms with Crippen LogP contribution in [0.25, 0.3) is 0 Å². The average Bonchev–Trinajstić information content (AvgIpc) is 3.18. The SMILES string of the molecule is CN(Cc1ccccc1)C(=O)C[NH2+][C@@H](c1ccccc1)c1ccco1. The second-order valence-corrected chi connectivity index (χ2v) is 6.08. The fourth-order valence-electron chi connectivity index (χ4n) is 2.87. The maximum absolute atomic E-state index is 12.5. The van der Waals surface area contributed by atoms with Gasteiger partial charge in [-0.25, -0.2) is 0 Å². The zero-order valence-electron chi connectivity index (χ0n) is 14.3. The van der Waals surface area contributed by atoms with E-state index in [1.165, 1.54) is 0 Å². The van der Waals surface area contributed by atoms with Gasteiger partial charge in [0.05, 0.1) is 6.26 Å². The number of amides is 1. The number of rotatable bonds is 7. The van der Waals surface area contributed by atoms with Gasteiger partial charge in [0.25, 0.3) is 5.91 Å². The zero-order valence-corrected chi connectivity index (χ0v) is 14.3. The van der Waals surface area contributed by atoms with Gasteiger partial charge >= 0.3 is 0 Å². The molecule has 0 fully saturated rings. The minimum absolute atomic E-state index is 0.0229. The molecule has 0 spiro atoms. The third-order valence-corrected chi connectivity index (χ3v) is 4.22. The first-order valence-electron chi connectivity index (χ1n) is 8.43. The van der Waals surface area contributed by atoms with Crippen molar-refractivity contribution in [3.05, 3.63) is 95.9 Å². The molecule has 0 unspecified atom stereocenters. The van der Waals surface area contributed by atoms with Gasteiger partial charge in [0, 0.05) is 19.2 Å². The van der Waals surface area contributed by atoms with Crippen LogP contribution >= 0.6 is 0 Å². The van der Waals surface area contributed by atoms with Gasteiger partial charge in [-0.15, -0.1) is 0 Å². The molecule has 128 valence electrons. The summed E-state index contributed by atoms with van der Waals surface area (Å²) >= 11 is 0. The number of nitrogens with two attached hydrogens (primary N) is 1. The Morgan fingerprint density at radius 1 is 1.00 bits per heavy atom. The first-order valence-corrected chi connectivity index (χ1v) is 8.43. The first kappa shape index (κ1) is 17.0. The van der Waals surface area contributed by atoms with Crippen molar-refractivity contribution in [3.63, 3.8) is 0 Å². The van der Waals surface area contributed by atoms with E-state index >= 15 is 0 Å². The number of nitrogens with zero attached hydrogens (tertiary/aromatic N) is 1. The molecular weight excluding hydrogens is 312 g/mol. The molecule has 2 N–H and O–H groups in total. The Morgan fingerprint density at radius 2 is 1.68 bits per heavy atom. The zero-order chi connectivity index (χ0) is 17.5. The Morgan fingerprint density at radius 3 is 2.32 bits per heavy atom. The maximum Gasteiger partial charge on any atom is 0.277 e. The largest absolute Gasteiger partial charge is 0.463 e. The second-order valence-electron chi connectivity index (χ2n) is 6.08.